The van der Waals surface area contributed by atoms with E-state index in [0.29, 0.717) is 25.1 Å². The highest BCUT2D eigenvalue weighted by atomic mass is 32.2. The van der Waals surface area contributed by atoms with Crippen LogP contribution in [0.4, 0.5) is 5.69 Å². The van der Waals surface area contributed by atoms with Gasteiger partial charge in [0.1, 0.15) is 0 Å². The van der Waals surface area contributed by atoms with Crippen LogP contribution in [0.5, 0.6) is 0 Å². The molecular weight excluding hydrogens is 362 g/mol. The quantitative estimate of drug-likeness (QED) is 0.541. The van der Waals surface area contributed by atoms with Gasteiger partial charge in [-0.1, -0.05) is 6.07 Å². The van der Waals surface area contributed by atoms with Gasteiger partial charge in [-0.3, -0.25) is 14.4 Å². The van der Waals surface area contributed by atoms with E-state index in [1.807, 2.05) is 0 Å². The molecule has 0 spiro atoms. The van der Waals surface area contributed by atoms with Crippen molar-refractivity contribution in [1.29, 1.82) is 0 Å². The minimum Gasteiger partial charge on any atom is -0.481 e. The molecule has 0 aliphatic carbocycles. The molecule has 10 heteroatoms. The van der Waals surface area contributed by atoms with E-state index in [4.69, 9.17) is 10.2 Å². The molecular formula is C16H21N3O6S. The van der Waals surface area contributed by atoms with Crippen LogP contribution < -0.4 is 15.4 Å². The third-order valence-electron chi connectivity index (χ3n) is 4.07. The van der Waals surface area contributed by atoms with Gasteiger partial charge in [0.05, 0.1) is 10.8 Å². The fraction of sp³-hybridized carbons (Fsp3) is 0.438. The predicted molar refractivity (Wildman–Crippen MR) is 92.8 cm³/mol. The van der Waals surface area contributed by atoms with Crippen molar-refractivity contribution in [3.8, 4) is 0 Å². The number of nitrogens with two attached hydrogens (primary N) is 1. The lowest BCUT2D eigenvalue weighted by Gasteiger charge is -2.17. The molecule has 1 atom stereocenters. The summed E-state index contributed by atoms with van der Waals surface area (Å²) in [5.74, 6) is -1.98. The smallest absolute Gasteiger partial charge is 0.303 e. The average molecular weight is 383 g/mol. The Hall–Kier alpha value is -2.46. The highest BCUT2D eigenvalue weighted by Gasteiger charge is 2.35. The number of carboxylic acids is 1. The summed E-state index contributed by atoms with van der Waals surface area (Å²) in [6.07, 6.45) is 1.08. The summed E-state index contributed by atoms with van der Waals surface area (Å²) in [6.45, 7) is 0.492. The third kappa shape index (κ3) is 5.27. The number of primary sulfonamides is 1. The summed E-state index contributed by atoms with van der Waals surface area (Å²) < 4.78 is 22.9. The van der Waals surface area contributed by atoms with Gasteiger partial charge in [0.15, 0.2) is 0 Å². The minimum absolute atomic E-state index is 0.0283. The number of carboxylic acid groups (broad SMARTS) is 1. The Morgan fingerprint density at radius 2 is 2.04 bits per heavy atom. The fourth-order valence-corrected chi connectivity index (χ4v) is 3.27. The van der Waals surface area contributed by atoms with Gasteiger partial charge in [0.2, 0.25) is 21.8 Å². The SMILES string of the molecule is NS(=O)(=O)c1cccc(N2CC(C(=O)NCCCCC(=O)O)CC2=O)c1. The van der Waals surface area contributed by atoms with Gasteiger partial charge in [-0.2, -0.15) is 0 Å². The molecule has 4 N–H and O–H groups in total. The molecule has 1 heterocycles. The van der Waals surface area contributed by atoms with E-state index in [2.05, 4.69) is 5.32 Å². The Morgan fingerprint density at radius 1 is 1.31 bits per heavy atom. The first-order valence-electron chi connectivity index (χ1n) is 8.11. The molecule has 1 aromatic rings. The minimum atomic E-state index is -3.88. The van der Waals surface area contributed by atoms with Crippen LogP contribution in [-0.4, -0.2) is 44.4 Å². The molecule has 1 unspecified atom stereocenters. The van der Waals surface area contributed by atoms with Crippen LogP contribution in [0.2, 0.25) is 0 Å². The molecule has 142 valence electrons. The summed E-state index contributed by atoms with van der Waals surface area (Å²) in [7, 11) is -3.88. The van der Waals surface area contributed by atoms with E-state index in [0.717, 1.165) is 0 Å². The first kappa shape index (κ1) is 19.9. The Labute approximate surface area is 151 Å². The number of sulfonamides is 1. The second-order valence-corrected chi connectivity index (χ2v) is 7.65. The van der Waals surface area contributed by atoms with Crippen LogP contribution in [0, 0.1) is 5.92 Å². The molecule has 1 aliphatic rings. The lowest BCUT2D eigenvalue weighted by molar-refractivity contribution is -0.137. The van der Waals surface area contributed by atoms with Gasteiger partial charge >= 0.3 is 5.97 Å². The van der Waals surface area contributed by atoms with Crippen molar-refractivity contribution in [2.24, 2.45) is 11.1 Å². The van der Waals surface area contributed by atoms with E-state index < -0.39 is 21.9 Å². The lowest BCUT2D eigenvalue weighted by Crippen LogP contribution is -2.33. The largest absolute Gasteiger partial charge is 0.481 e. The van der Waals surface area contributed by atoms with Crippen molar-refractivity contribution in [3.63, 3.8) is 0 Å². The van der Waals surface area contributed by atoms with Crippen LogP contribution in [0.25, 0.3) is 0 Å². The van der Waals surface area contributed by atoms with Gasteiger partial charge in [-0.05, 0) is 31.0 Å². The number of benzene rings is 1. The van der Waals surface area contributed by atoms with E-state index >= 15 is 0 Å². The fourth-order valence-electron chi connectivity index (χ4n) is 2.72. The topological polar surface area (TPSA) is 147 Å². The average Bonchev–Trinajstić information content (AvgIpc) is 2.95. The summed E-state index contributed by atoms with van der Waals surface area (Å²) in [5.41, 5.74) is 0.373. The van der Waals surface area contributed by atoms with Crippen LogP contribution in [0.3, 0.4) is 0 Å². The van der Waals surface area contributed by atoms with Crippen LogP contribution in [-0.2, 0) is 24.4 Å². The van der Waals surface area contributed by atoms with Crippen molar-refractivity contribution in [2.75, 3.05) is 18.0 Å². The Kier molecular flexibility index (Phi) is 6.32. The summed E-state index contributed by atoms with van der Waals surface area (Å²) in [5, 5.41) is 16.4. The molecule has 1 saturated heterocycles. The molecule has 0 aromatic heterocycles. The maximum absolute atomic E-state index is 12.2. The summed E-state index contributed by atoms with van der Waals surface area (Å²) >= 11 is 0. The number of nitrogens with one attached hydrogen (secondary N) is 1. The van der Waals surface area contributed by atoms with Crippen molar-refractivity contribution in [2.45, 2.75) is 30.6 Å². The lowest BCUT2D eigenvalue weighted by atomic mass is 10.1. The third-order valence-corrected chi connectivity index (χ3v) is 4.98. The molecule has 0 radical (unpaired) electrons. The standard InChI is InChI=1S/C16H21N3O6S/c17-26(24,25)13-5-3-4-12(9-13)19-10-11(8-14(19)20)16(23)18-7-2-1-6-15(21)22/h3-5,9,11H,1-2,6-8,10H2,(H,18,23)(H,21,22)(H2,17,24,25). The number of carbonyl (C=O) groups is 3. The molecule has 1 aromatic carbocycles. The van der Waals surface area contributed by atoms with E-state index in [9.17, 15) is 22.8 Å². The van der Waals surface area contributed by atoms with Gasteiger partial charge < -0.3 is 15.3 Å². The zero-order chi connectivity index (χ0) is 19.3. The number of hydrogen-bond acceptors (Lipinski definition) is 5. The molecule has 0 bridgehead atoms. The van der Waals surface area contributed by atoms with Crippen molar-refractivity contribution < 1.29 is 27.9 Å². The van der Waals surface area contributed by atoms with E-state index in [1.54, 1.807) is 6.07 Å². The van der Waals surface area contributed by atoms with Crippen molar-refractivity contribution in [3.05, 3.63) is 24.3 Å². The number of hydrogen-bond donors (Lipinski definition) is 3. The highest BCUT2D eigenvalue weighted by Crippen LogP contribution is 2.26. The molecule has 26 heavy (non-hydrogen) atoms. The maximum Gasteiger partial charge on any atom is 0.303 e. The van der Waals surface area contributed by atoms with Crippen LogP contribution >= 0.6 is 0 Å². The highest BCUT2D eigenvalue weighted by molar-refractivity contribution is 7.89. The monoisotopic (exact) mass is 383 g/mol. The van der Waals surface area contributed by atoms with E-state index in [-0.39, 0.29) is 36.1 Å². The van der Waals surface area contributed by atoms with Gasteiger partial charge in [0.25, 0.3) is 0 Å². The first-order chi connectivity index (χ1) is 12.2. The second-order valence-electron chi connectivity index (χ2n) is 6.09. The molecule has 9 nitrogen and oxygen atoms in total. The number of rotatable bonds is 8. The zero-order valence-electron chi connectivity index (χ0n) is 14.1. The predicted octanol–water partition coefficient (Wildman–Crippen LogP) is 0.0580. The molecule has 2 rings (SSSR count). The number of amides is 2. The number of aliphatic carboxylic acids is 1. The Bertz CT molecular complexity index is 808. The first-order valence-corrected chi connectivity index (χ1v) is 9.66. The molecule has 1 aliphatic heterocycles. The maximum atomic E-state index is 12.2. The number of anilines is 1. The summed E-state index contributed by atoms with van der Waals surface area (Å²) in [4.78, 5) is 36.1. The van der Waals surface area contributed by atoms with Gasteiger partial charge in [-0.25, -0.2) is 13.6 Å². The van der Waals surface area contributed by atoms with Crippen molar-refractivity contribution in [1.82, 2.24) is 5.32 Å². The Morgan fingerprint density at radius 3 is 2.69 bits per heavy atom. The van der Waals surface area contributed by atoms with Crippen LogP contribution in [0.1, 0.15) is 25.7 Å². The summed E-state index contributed by atoms with van der Waals surface area (Å²) in [6, 6.07) is 5.71. The van der Waals surface area contributed by atoms with Gasteiger partial charge in [0, 0.05) is 31.6 Å². The van der Waals surface area contributed by atoms with Crippen LogP contribution in [0.15, 0.2) is 29.2 Å². The number of nitrogens with zero attached hydrogens (tertiary/aromatic N) is 1. The zero-order valence-corrected chi connectivity index (χ0v) is 14.9. The number of carbonyl (C=O) groups excluding carboxylic acids is 2. The molecule has 1 fully saturated rings. The van der Waals surface area contributed by atoms with E-state index in [1.165, 1.54) is 23.1 Å². The normalized spacial score (nSPS) is 17.3. The van der Waals surface area contributed by atoms with Gasteiger partial charge in [-0.15, -0.1) is 0 Å². The number of unbranched alkanes of at least 4 members (excludes halogenated alkanes) is 1. The Balaban J connectivity index is 1.94. The second kappa shape index (κ2) is 8.28. The van der Waals surface area contributed by atoms with Crippen molar-refractivity contribution >= 4 is 33.5 Å². The molecule has 2 amide bonds. The molecule has 0 saturated carbocycles.